The summed E-state index contributed by atoms with van der Waals surface area (Å²) in [4.78, 5) is 0. The Labute approximate surface area is 90.4 Å². The van der Waals surface area contributed by atoms with Crippen molar-refractivity contribution < 1.29 is 13.5 Å². The first-order chi connectivity index (χ1) is 7.20. The minimum absolute atomic E-state index is 0.363. The molecule has 0 amide bonds. The lowest BCUT2D eigenvalue weighted by Gasteiger charge is -2.22. The zero-order valence-electron chi connectivity index (χ0n) is 9.35. The molecular formula is C11H21F2NO. The Bertz CT molecular complexity index is 161. The van der Waals surface area contributed by atoms with Gasteiger partial charge in [-0.3, -0.25) is 0 Å². The lowest BCUT2D eigenvalue weighted by Crippen LogP contribution is -2.35. The van der Waals surface area contributed by atoms with Crippen LogP contribution in [0.3, 0.4) is 0 Å². The summed E-state index contributed by atoms with van der Waals surface area (Å²) in [5, 5.41) is 2.75. The predicted molar refractivity (Wildman–Crippen MR) is 56.3 cm³/mol. The molecule has 0 spiro atoms. The van der Waals surface area contributed by atoms with Gasteiger partial charge in [0.2, 0.25) is 0 Å². The average molecular weight is 221 g/mol. The van der Waals surface area contributed by atoms with E-state index in [1.54, 1.807) is 0 Å². The quantitative estimate of drug-likeness (QED) is 0.696. The Morgan fingerprint density at radius 3 is 2.53 bits per heavy atom. The van der Waals surface area contributed by atoms with Crippen molar-refractivity contribution in [3.05, 3.63) is 0 Å². The number of hydrogen-bond donors (Lipinski definition) is 1. The molecule has 0 heterocycles. The number of ether oxygens (including phenoxy) is 1. The highest BCUT2D eigenvalue weighted by Crippen LogP contribution is 2.19. The van der Waals surface area contributed by atoms with E-state index < -0.39 is 12.5 Å². The van der Waals surface area contributed by atoms with Crippen molar-refractivity contribution in [2.24, 2.45) is 0 Å². The van der Waals surface area contributed by atoms with E-state index in [1.165, 1.54) is 26.2 Å². The van der Waals surface area contributed by atoms with Gasteiger partial charge in [0.1, 0.15) is 0 Å². The molecule has 0 bridgehead atoms. The predicted octanol–water partition coefficient (Wildman–Crippen LogP) is 2.58. The van der Waals surface area contributed by atoms with Crippen LogP contribution in [0.15, 0.2) is 0 Å². The summed E-state index contributed by atoms with van der Waals surface area (Å²) in [6, 6.07) is -0.736. The summed E-state index contributed by atoms with van der Waals surface area (Å²) in [7, 11) is 0. The lowest BCUT2D eigenvalue weighted by molar-refractivity contribution is 0.0256. The van der Waals surface area contributed by atoms with Gasteiger partial charge < -0.3 is 10.1 Å². The minimum atomic E-state index is -2.29. The van der Waals surface area contributed by atoms with Crippen molar-refractivity contribution in [1.82, 2.24) is 5.32 Å². The van der Waals surface area contributed by atoms with Crippen LogP contribution in [0.4, 0.5) is 8.78 Å². The Hall–Kier alpha value is -0.220. The van der Waals surface area contributed by atoms with Crippen LogP contribution in [0.25, 0.3) is 0 Å². The van der Waals surface area contributed by atoms with Gasteiger partial charge in [-0.05, 0) is 19.8 Å². The topological polar surface area (TPSA) is 21.3 Å². The molecule has 1 aliphatic rings. The van der Waals surface area contributed by atoms with Crippen LogP contribution < -0.4 is 5.32 Å². The molecule has 2 nitrogen and oxygen atoms in total. The molecule has 15 heavy (non-hydrogen) atoms. The van der Waals surface area contributed by atoms with Gasteiger partial charge in [-0.25, -0.2) is 8.78 Å². The molecule has 1 rings (SSSR count). The maximum absolute atomic E-state index is 12.1. The van der Waals surface area contributed by atoms with E-state index in [9.17, 15) is 8.78 Å². The Morgan fingerprint density at radius 2 is 1.93 bits per heavy atom. The molecule has 1 N–H and O–H groups in total. The molecule has 1 unspecified atom stereocenters. The summed E-state index contributed by atoms with van der Waals surface area (Å²) in [6.45, 7) is 2.55. The fraction of sp³-hybridized carbons (Fsp3) is 1.00. The van der Waals surface area contributed by atoms with Crippen molar-refractivity contribution in [2.75, 3.05) is 13.2 Å². The number of hydrogen-bond acceptors (Lipinski definition) is 2. The third kappa shape index (κ3) is 5.42. The van der Waals surface area contributed by atoms with Crippen LogP contribution in [0.1, 0.15) is 39.0 Å². The molecule has 0 radical (unpaired) electrons. The average Bonchev–Trinajstić information content (AvgIpc) is 2.25. The molecule has 1 aliphatic carbocycles. The molecule has 0 aromatic rings. The summed E-state index contributed by atoms with van der Waals surface area (Å²) in [6.07, 6.45) is 4.12. The highest BCUT2D eigenvalue weighted by atomic mass is 19.3. The van der Waals surface area contributed by atoms with Gasteiger partial charge in [-0.2, -0.15) is 0 Å². The third-order valence-electron chi connectivity index (χ3n) is 2.85. The van der Waals surface area contributed by atoms with E-state index in [0.717, 1.165) is 12.8 Å². The summed E-state index contributed by atoms with van der Waals surface area (Å²) in [5.41, 5.74) is 0. The van der Waals surface area contributed by atoms with Crippen molar-refractivity contribution in [3.8, 4) is 0 Å². The van der Waals surface area contributed by atoms with Gasteiger partial charge in [0.15, 0.2) is 0 Å². The third-order valence-corrected chi connectivity index (χ3v) is 2.85. The van der Waals surface area contributed by atoms with Crippen LogP contribution in [-0.2, 0) is 4.74 Å². The monoisotopic (exact) mass is 221 g/mol. The molecule has 1 fully saturated rings. The Balaban J connectivity index is 1.96. The Morgan fingerprint density at radius 1 is 1.27 bits per heavy atom. The first-order valence-corrected chi connectivity index (χ1v) is 5.83. The second kappa shape index (κ2) is 7.12. The minimum Gasteiger partial charge on any atom is -0.377 e. The molecule has 0 aliphatic heterocycles. The second-order valence-corrected chi connectivity index (χ2v) is 4.21. The van der Waals surface area contributed by atoms with Gasteiger partial charge >= 0.3 is 0 Å². The first-order valence-electron chi connectivity index (χ1n) is 5.83. The van der Waals surface area contributed by atoms with Gasteiger partial charge in [-0.15, -0.1) is 0 Å². The number of halogens is 2. The molecule has 4 heteroatoms. The van der Waals surface area contributed by atoms with Crippen LogP contribution in [0.5, 0.6) is 0 Å². The smallest absolute Gasteiger partial charge is 0.253 e. The fourth-order valence-electron chi connectivity index (χ4n) is 1.83. The van der Waals surface area contributed by atoms with Gasteiger partial charge in [0.05, 0.1) is 18.8 Å². The summed E-state index contributed by atoms with van der Waals surface area (Å²) >= 11 is 0. The van der Waals surface area contributed by atoms with Crippen LogP contribution >= 0.6 is 0 Å². The van der Waals surface area contributed by atoms with Gasteiger partial charge in [0, 0.05) is 6.54 Å². The van der Waals surface area contributed by atoms with E-state index in [0.29, 0.717) is 19.3 Å². The fourth-order valence-corrected chi connectivity index (χ4v) is 1.83. The standard InChI is InChI=1S/C11H21F2NO/c1-9(11(12)13)14-7-8-15-10-5-3-2-4-6-10/h9-11,14H,2-8H2,1H3. The molecule has 0 aromatic heterocycles. The molecule has 1 atom stereocenters. The van der Waals surface area contributed by atoms with Gasteiger partial charge in [-0.1, -0.05) is 19.3 Å². The van der Waals surface area contributed by atoms with Crippen molar-refractivity contribution in [3.63, 3.8) is 0 Å². The maximum atomic E-state index is 12.1. The number of nitrogens with one attached hydrogen (secondary N) is 1. The second-order valence-electron chi connectivity index (χ2n) is 4.21. The van der Waals surface area contributed by atoms with Gasteiger partial charge in [0.25, 0.3) is 6.43 Å². The van der Waals surface area contributed by atoms with E-state index in [1.807, 2.05) is 0 Å². The Kier molecular flexibility index (Phi) is 6.10. The van der Waals surface area contributed by atoms with Crippen LogP contribution in [0.2, 0.25) is 0 Å². The highest BCUT2D eigenvalue weighted by molar-refractivity contribution is 4.66. The molecular weight excluding hydrogens is 200 g/mol. The number of rotatable bonds is 6. The zero-order valence-corrected chi connectivity index (χ0v) is 9.35. The van der Waals surface area contributed by atoms with E-state index in [4.69, 9.17) is 4.74 Å². The van der Waals surface area contributed by atoms with Crippen molar-refractivity contribution in [2.45, 2.75) is 57.6 Å². The largest absolute Gasteiger partial charge is 0.377 e. The zero-order chi connectivity index (χ0) is 11.1. The first kappa shape index (κ1) is 12.8. The van der Waals surface area contributed by atoms with Crippen LogP contribution in [-0.4, -0.2) is 31.7 Å². The van der Waals surface area contributed by atoms with Crippen molar-refractivity contribution in [1.29, 1.82) is 0 Å². The number of alkyl halides is 2. The normalized spacial score (nSPS) is 20.8. The maximum Gasteiger partial charge on any atom is 0.253 e. The summed E-state index contributed by atoms with van der Waals surface area (Å²) in [5.74, 6) is 0. The van der Waals surface area contributed by atoms with Crippen LogP contribution in [0, 0.1) is 0 Å². The molecule has 0 saturated heterocycles. The SMILES string of the molecule is CC(NCCOC1CCCCC1)C(F)F. The summed E-state index contributed by atoms with van der Waals surface area (Å²) < 4.78 is 29.8. The lowest BCUT2D eigenvalue weighted by atomic mass is 9.98. The van der Waals surface area contributed by atoms with E-state index in [-0.39, 0.29) is 0 Å². The molecule has 90 valence electrons. The van der Waals surface area contributed by atoms with E-state index >= 15 is 0 Å². The van der Waals surface area contributed by atoms with Crippen molar-refractivity contribution >= 4 is 0 Å². The molecule has 1 saturated carbocycles. The highest BCUT2D eigenvalue weighted by Gasteiger charge is 2.15. The molecule has 0 aromatic carbocycles. The van der Waals surface area contributed by atoms with E-state index in [2.05, 4.69) is 5.32 Å².